The molecule has 5 nitrogen and oxygen atoms in total. The van der Waals surface area contributed by atoms with E-state index in [2.05, 4.69) is 15.3 Å². The minimum Gasteiger partial charge on any atom is -0.495 e. The topological polar surface area (TPSA) is 64.1 Å². The lowest BCUT2D eigenvalue weighted by Crippen LogP contribution is -2.15. The Morgan fingerprint density at radius 2 is 2.25 bits per heavy atom. The fourth-order valence-corrected chi connectivity index (χ4v) is 3.13. The Balaban J connectivity index is 1.70. The van der Waals surface area contributed by atoms with Crippen LogP contribution < -0.4 is 10.1 Å². The number of amides is 1. The number of nitrogens with one attached hydrogen (secondary N) is 1. The van der Waals surface area contributed by atoms with E-state index in [0.29, 0.717) is 22.2 Å². The molecule has 0 aliphatic heterocycles. The van der Waals surface area contributed by atoms with Crippen LogP contribution >= 0.6 is 22.9 Å². The molecular weight excluding hydrogens is 346 g/mol. The van der Waals surface area contributed by atoms with Crippen LogP contribution in [0.3, 0.4) is 0 Å². The van der Waals surface area contributed by atoms with Crippen LogP contribution in [0.4, 0.5) is 5.69 Å². The molecule has 3 rings (SSSR count). The van der Waals surface area contributed by atoms with Crippen molar-refractivity contribution in [3.8, 4) is 16.3 Å². The zero-order chi connectivity index (χ0) is 16.9. The van der Waals surface area contributed by atoms with Gasteiger partial charge in [0.25, 0.3) is 0 Å². The average Bonchev–Trinajstić information content (AvgIpc) is 3.04. The molecule has 122 valence electrons. The molecule has 0 spiro atoms. The normalized spacial score (nSPS) is 10.4. The van der Waals surface area contributed by atoms with E-state index in [1.807, 2.05) is 17.5 Å². The van der Waals surface area contributed by atoms with Crippen molar-refractivity contribution < 1.29 is 9.53 Å². The number of benzene rings is 1. The van der Waals surface area contributed by atoms with Crippen LogP contribution in [0.2, 0.25) is 5.02 Å². The summed E-state index contributed by atoms with van der Waals surface area (Å²) in [6, 6.07) is 8.86. The Kier molecular flexibility index (Phi) is 5.08. The highest BCUT2D eigenvalue weighted by atomic mass is 35.5. The predicted octanol–water partition coefficient (Wildman–Crippen LogP) is 4.05. The summed E-state index contributed by atoms with van der Waals surface area (Å²) in [4.78, 5) is 20.8. The summed E-state index contributed by atoms with van der Waals surface area (Å²) < 4.78 is 5.22. The lowest BCUT2D eigenvalue weighted by molar-refractivity contribution is -0.115. The van der Waals surface area contributed by atoms with Crippen molar-refractivity contribution >= 4 is 34.5 Å². The van der Waals surface area contributed by atoms with Gasteiger partial charge in [0.05, 0.1) is 24.9 Å². The quantitative estimate of drug-likeness (QED) is 0.746. The molecule has 0 unspecified atom stereocenters. The first-order valence-electron chi connectivity index (χ1n) is 7.14. The molecule has 3 aromatic rings. The van der Waals surface area contributed by atoms with Crippen molar-refractivity contribution in [1.29, 1.82) is 0 Å². The second kappa shape index (κ2) is 7.42. The number of ether oxygens (including phenoxy) is 1. The summed E-state index contributed by atoms with van der Waals surface area (Å²) in [5.41, 5.74) is 2.18. The molecule has 0 aliphatic carbocycles. The summed E-state index contributed by atoms with van der Waals surface area (Å²) in [6.07, 6.45) is 3.63. The smallest absolute Gasteiger partial charge is 0.230 e. The van der Waals surface area contributed by atoms with Crippen molar-refractivity contribution in [1.82, 2.24) is 9.97 Å². The minimum absolute atomic E-state index is 0.173. The van der Waals surface area contributed by atoms with E-state index in [1.54, 1.807) is 37.7 Å². The van der Waals surface area contributed by atoms with Crippen LogP contribution in [-0.2, 0) is 11.2 Å². The van der Waals surface area contributed by atoms with Gasteiger partial charge in [0, 0.05) is 28.4 Å². The Morgan fingerprint density at radius 1 is 1.38 bits per heavy atom. The molecule has 1 amide bonds. The van der Waals surface area contributed by atoms with Gasteiger partial charge < -0.3 is 10.1 Å². The maximum Gasteiger partial charge on any atom is 0.230 e. The zero-order valence-corrected chi connectivity index (χ0v) is 14.4. The van der Waals surface area contributed by atoms with Crippen molar-refractivity contribution in [2.24, 2.45) is 0 Å². The van der Waals surface area contributed by atoms with E-state index in [-0.39, 0.29) is 12.3 Å². The van der Waals surface area contributed by atoms with E-state index in [9.17, 15) is 4.79 Å². The van der Waals surface area contributed by atoms with Gasteiger partial charge in [0.2, 0.25) is 5.91 Å². The number of carbonyl (C=O) groups excluding carboxylic acids is 1. The number of pyridine rings is 1. The van der Waals surface area contributed by atoms with Crippen molar-refractivity contribution in [2.75, 3.05) is 12.4 Å². The Bertz CT molecular complexity index is 852. The van der Waals surface area contributed by atoms with E-state index >= 15 is 0 Å². The second-order valence-electron chi connectivity index (χ2n) is 4.96. The maximum atomic E-state index is 12.2. The first kappa shape index (κ1) is 16.4. The van der Waals surface area contributed by atoms with Gasteiger partial charge in [-0.2, -0.15) is 0 Å². The van der Waals surface area contributed by atoms with Gasteiger partial charge in [0.15, 0.2) is 0 Å². The van der Waals surface area contributed by atoms with Crippen LogP contribution in [0.15, 0.2) is 48.1 Å². The van der Waals surface area contributed by atoms with Crippen LogP contribution in [0.25, 0.3) is 10.6 Å². The fourth-order valence-electron chi connectivity index (χ4n) is 2.15. The van der Waals surface area contributed by atoms with Crippen LogP contribution in [0.5, 0.6) is 5.75 Å². The highest BCUT2D eigenvalue weighted by Crippen LogP contribution is 2.28. The van der Waals surface area contributed by atoms with Crippen LogP contribution in [0, 0.1) is 0 Å². The summed E-state index contributed by atoms with van der Waals surface area (Å²) >= 11 is 7.45. The van der Waals surface area contributed by atoms with Gasteiger partial charge in [0.1, 0.15) is 10.8 Å². The summed E-state index contributed by atoms with van der Waals surface area (Å²) in [6.45, 7) is 0. The molecule has 0 aliphatic rings. The van der Waals surface area contributed by atoms with Gasteiger partial charge in [-0.15, -0.1) is 11.3 Å². The standard InChI is InChI=1S/C17H14ClN3O2S/c1-23-15-5-4-12(18)7-14(15)21-16(22)8-13-10-24-17(20-13)11-3-2-6-19-9-11/h2-7,9-10H,8H2,1H3,(H,21,22). The number of aromatic nitrogens is 2. The molecule has 0 fully saturated rings. The van der Waals surface area contributed by atoms with Gasteiger partial charge in [-0.3, -0.25) is 9.78 Å². The second-order valence-corrected chi connectivity index (χ2v) is 6.25. The third-order valence-electron chi connectivity index (χ3n) is 3.24. The predicted molar refractivity (Wildman–Crippen MR) is 95.7 cm³/mol. The molecular formula is C17H14ClN3O2S. The monoisotopic (exact) mass is 359 g/mol. The van der Waals surface area contributed by atoms with Gasteiger partial charge in [-0.1, -0.05) is 11.6 Å². The van der Waals surface area contributed by atoms with Crippen LogP contribution in [-0.4, -0.2) is 23.0 Å². The van der Waals surface area contributed by atoms with Gasteiger partial charge in [-0.25, -0.2) is 4.98 Å². The van der Waals surface area contributed by atoms with E-state index in [0.717, 1.165) is 10.6 Å². The molecule has 1 N–H and O–H groups in total. The molecule has 0 atom stereocenters. The molecule has 2 heterocycles. The lowest BCUT2D eigenvalue weighted by atomic mass is 10.2. The molecule has 7 heteroatoms. The Labute approximate surface area is 148 Å². The molecule has 0 saturated carbocycles. The summed E-state index contributed by atoms with van der Waals surface area (Å²) in [5, 5.41) is 6.04. The van der Waals surface area contributed by atoms with E-state index < -0.39 is 0 Å². The minimum atomic E-state index is -0.182. The SMILES string of the molecule is COc1ccc(Cl)cc1NC(=O)Cc1csc(-c2cccnc2)n1. The zero-order valence-electron chi connectivity index (χ0n) is 12.8. The fraction of sp³-hybridized carbons (Fsp3) is 0.118. The molecule has 1 aromatic carbocycles. The third kappa shape index (κ3) is 3.90. The summed E-state index contributed by atoms with van der Waals surface area (Å²) in [5.74, 6) is 0.376. The molecule has 0 bridgehead atoms. The highest BCUT2D eigenvalue weighted by Gasteiger charge is 2.12. The van der Waals surface area contributed by atoms with Gasteiger partial charge in [-0.05, 0) is 30.3 Å². The number of thiazole rings is 1. The number of rotatable bonds is 5. The first-order valence-corrected chi connectivity index (χ1v) is 8.39. The lowest BCUT2D eigenvalue weighted by Gasteiger charge is -2.10. The van der Waals surface area contributed by atoms with E-state index in [1.165, 1.54) is 11.3 Å². The Morgan fingerprint density at radius 3 is 3.00 bits per heavy atom. The largest absolute Gasteiger partial charge is 0.495 e. The van der Waals surface area contributed by atoms with Crippen molar-refractivity contribution in [2.45, 2.75) is 6.42 Å². The molecule has 0 radical (unpaired) electrons. The molecule has 24 heavy (non-hydrogen) atoms. The Hall–Kier alpha value is -2.44. The first-order chi connectivity index (χ1) is 11.7. The number of anilines is 1. The number of carbonyl (C=O) groups is 1. The third-order valence-corrected chi connectivity index (χ3v) is 4.41. The summed E-state index contributed by atoms with van der Waals surface area (Å²) in [7, 11) is 1.54. The van der Waals surface area contributed by atoms with Crippen molar-refractivity contribution in [3.63, 3.8) is 0 Å². The average molecular weight is 360 g/mol. The van der Waals surface area contributed by atoms with Crippen molar-refractivity contribution in [3.05, 3.63) is 58.8 Å². The van der Waals surface area contributed by atoms with E-state index in [4.69, 9.17) is 16.3 Å². The highest BCUT2D eigenvalue weighted by molar-refractivity contribution is 7.13. The van der Waals surface area contributed by atoms with Crippen LogP contribution in [0.1, 0.15) is 5.69 Å². The number of methoxy groups -OCH3 is 1. The number of hydrogen-bond acceptors (Lipinski definition) is 5. The molecule has 2 aromatic heterocycles. The number of halogens is 1. The number of hydrogen-bond donors (Lipinski definition) is 1. The molecule has 0 saturated heterocycles. The van der Waals surface area contributed by atoms with Gasteiger partial charge >= 0.3 is 0 Å². The number of nitrogens with zero attached hydrogens (tertiary/aromatic N) is 2. The maximum absolute atomic E-state index is 12.2.